The molecule has 1 aliphatic heterocycles. The summed E-state index contributed by atoms with van der Waals surface area (Å²) in [6, 6.07) is 7.07. The fourth-order valence-corrected chi connectivity index (χ4v) is 2.34. The van der Waals surface area contributed by atoms with Crippen LogP contribution in [0.1, 0.15) is 22.9 Å². The molecule has 1 aromatic carbocycles. The van der Waals surface area contributed by atoms with Crippen molar-refractivity contribution in [3.05, 3.63) is 47.9 Å². The number of nitrogens with one attached hydrogen (secondary N) is 2. The van der Waals surface area contributed by atoms with Gasteiger partial charge in [-0.3, -0.25) is 9.59 Å². The Bertz CT molecular complexity index is 667. The van der Waals surface area contributed by atoms with Gasteiger partial charge in [-0.05, 0) is 23.8 Å². The highest BCUT2D eigenvalue weighted by molar-refractivity contribution is 6.22. The van der Waals surface area contributed by atoms with Crippen LogP contribution >= 0.6 is 11.6 Å². The first-order chi connectivity index (χ1) is 9.63. The lowest BCUT2D eigenvalue weighted by Gasteiger charge is -2.12. The smallest absolute Gasteiger partial charge is 0.233 e. The predicted octanol–water partition coefficient (Wildman–Crippen LogP) is 2.89. The lowest BCUT2D eigenvalue weighted by molar-refractivity contribution is -0.123. The summed E-state index contributed by atoms with van der Waals surface area (Å²) < 4.78 is 5.01. The molecule has 0 saturated heterocycles. The summed E-state index contributed by atoms with van der Waals surface area (Å²) in [5.74, 6) is -0.668. The molecule has 3 rings (SSSR count). The third-order valence-electron chi connectivity index (χ3n) is 3.04. The molecule has 5 nitrogen and oxygen atoms in total. The van der Waals surface area contributed by atoms with Crippen LogP contribution in [0.4, 0.5) is 11.4 Å². The van der Waals surface area contributed by atoms with Crippen molar-refractivity contribution in [1.82, 2.24) is 0 Å². The van der Waals surface area contributed by atoms with E-state index in [0.717, 1.165) is 11.1 Å². The van der Waals surface area contributed by atoms with Gasteiger partial charge in [0.05, 0.1) is 29.3 Å². The molecule has 2 heterocycles. The monoisotopic (exact) mass is 290 g/mol. The molecule has 0 bridgehead atoms. The molecular formula is C14H11ClN2O3. The van der Waals surface area contributed by atoms with E-state index in [1.165, 1.54) is 0 Å². The highest BCUT2D eigenvalue weighted by Crippen LogP contribution is 2.34. The number of hydrogen-bond donors (Lipinski definition) is 2. The van der Waals surface area contributed by atoms with Crippen molar-refractivity contribution in [3.63, 3.8) is 0 Å². The second kappa shape index (κ2) is 5.02. The lowest BCUT2D eigenvalue weighted by Crippen LogP contribution is -2.16. The van der Waals surface area contributed by atoms with E-state index in [0.29, 0.717) is 11.4 Å². The number of carbonyl (C=O) groups is 2. The van der Waals surface area contributed by atoms with Crippen LogP contribution in [0.15, 0.2) is 41.2 Å². The average Bonchev–Trinajstić information content (AvgIpc) is 2.88. The topological polar surface area (TPSA) is 71.3 Å². The summed E-state index contributed by atoms with van der Waals surface area (Å²) >= 11 is 6.36. The standard InChI is InChI=1S/C14H11ClN2O3/c15-14(9-3-4-20-7-9)8-1-2-10-11(5-8)17-13(19)6-12(18)16-10/h1-5,7,14H,6H2,(H,16,18)(H,17,19). The molecule has 6 heteroatoms. The summed E-state index contributed by atoms with van der Waals surface area (Å²) in [5.41, 5.74) is 2.76. The van der Waals surface area contributed by atoms with Gasteiger partial charge in [0, 0.05) is 5.56 Å². The van der Waals surface area contributed by atoms with Crippen LogP contribution in [0.25, 0.3) is 0 Å². The molecule has 2 N–H and O–H groups in total. The van der Waals surface area contributed by atoms with Crippen LogP contribution in [0, 0.1) is 0 Å². The van der Waals surface area contributed by atoms with E-state index in [2.05, 4.69) is 10.6 Å². The molecule has 2 amide bonds. The SMILES string of the molecule is O=C1CC(=O)Nc2cc(C(Cl)c3ccoc3)ccc2N1. The highest BCUT2D eigenvalue weighted by Gasteiger charge is 2.20. The Morgan fingerprint density at radius 3 is 2.50 bits per heavy atom. The summed E-state index contributed by atoms with van der Waals surface area (Å²) in [4.78, 5) is 23.0. The number of alkyl halides is 1. The van der Waals surface area contributed by atoms with Gasteiger partial charge in [0.25, 0.3) is 0 Å². The quantitative estimate of drug-likeness (QED) is 0.660. The van der Waals surface area contributed by atoms with Crippen molar-refractivity contribution in [2.24, 2.45) is 0 Å². The molecule has 20 heavy (non-hydrogen) atoms. The molecule has 1 aliphatic rings. The van der Waals surface area contributed by atoms with Crippen molar-refractivity contribution in [3.8, 4) is 0 Å². The van der Waals surface area contributed by atoms with Crippen molar-refractivity contribution in [2.75, 3.05) is 10.6 Å². The summed E-state index contributed by atoms with van der Waals surface area (Å²) in [5, 5.41) is 4.98. The highest BCUT2D eigenvalue weighted by atomic mass is 35.5. The molecule has 0 spiro atoms. The largest absolute Gasteiger partial charge is 0.472 e. The maximum absolute atomic E-state index is 11.5. The van der Waals surface area contributed by atoms with Crippen LogP contribution in [0.5, 0.6) is 0 Å². The zero-order valence-electron chi connectivity index (χ0n) is 10.4. The van der Waals surface area contributed by atoms with Crippen LogP contribution in [0.2, 0.25) is 0 Å². The minimum Gasteiger partial charge on any atom is -0.472 e. The molecule has 1 unspecified atom stereocenters. The average molecular weight is 291 g/mol. The van der Waals surface area contributed by atoms with Gasteiger partial charge < -0.3 is 15.1 Å². The Morgan fingerprint density at radius 1 is 1.05 bits per heavy atom. The van der Waals surface area contributed by atoms with Gasteiger partial charge in [-0.2, -0.15) is 0 Å². The van der Waals surface area contributed by atoms with E-state index < -0.39 is 0 Å². The second-order valence-corrected chi connectivity index (χ2v) is 4.93. The molecule has 1 atom stereocenters. The maximum Gasteiger partial charge on any atom is 0.233 e. The molecule has 0 radical (unpaired) electrons. The Balaban J connectivity index is 1.96. The van der Waals surface area contributed by atoms with Gasteiger partial charge >= 0.3 is 0 Å². The lowest BCUT2D eigenvalue weighted by atomic mass is 10.1. The number of rotatable bonds is 2. The second-order valence-electron chi connectivity index (χ2n) is 4.50. The minimum absolute atomic E-state index is 0.184. The first kappa shape index (κ1) is 12.7. The zero-order chi connectivity index (χ0) is 14.1. The number of benzene rings is 1. The van der Waals surface area contributed by atoms with Gasteiger partial charge in [-0.15, -0.1) is 11.6 Å². The molecule has 0 aliphatic carbocycles. The van der Waals surface area contributed by atoms with Crippen molar-refractivity contribution in [1.29, 1.82) is 0 Å². The first-order valence-electron chi connectivity index (χ1n) is 6.03. The van der Waals surface area contributed by atoms with E-state index in [1.807, 2.05) is 0 Å². The number of carbonyl (C=O) groups excluding carboxylic acids is 2. The summed E-state index contributed by atoms with van der Waals surface area (Å²) in [7, 11) is 0. The fourth-order valence-electron chi connectivity index (χ4n) is 2.08. The molecule has 0 saturated carbocycles. The number of furan rings is 1. The molecule has 0 fully saturated rings. The van der Waals surface area contributed by atoms with Gasteiger partial charge in [0.15, 0.2) is 0 Å². The van der Waals surface area contributed by atoms with Gasteiger partial charge in [0.1, 0.15) is 6.42 Å². The van der Waals surface area contributed by atoms with Crippen LogP contribution in [0.3, 0.4) is 0 Å². The molecule has 2 aromatic rings. The van der Waals surface area contributed by atoms with Crippen LogP contribution in [-0.4, -0.2) is 11.8 Å². The number of amides is 2. The predicted molar refractivity (Wildman–Crippen MR) is 74.7 cm³/mol. The fraction of sp³-hybridized carbons (Fsp3) is 0.143. The Hall–Kier alpha value is -2.27. The Kier molecular flexibility index (Phi) is 3.20. The molecule has 102 valence electrons. The molecule has 1 aromatic heterocycles. The normalized spacial score (nSPS) is 15.8. The Morgan fingerprint density at radius 2 is 1.80 bits per heavy atom. The van der Waals surface area contributed by atoms with E-state index in [-0.39, 0.29) is 23.6 Å². The molecular weight excluding hydrogens is 280 g/mol. The minimum atomic E-state index is -0.380. The van der Waals surface area contributed by atoms with E-state index in [9.17, 15) is 9.59 Å². The van der Waals surface area contributed by atoms with E-state index in [4.69, 9.17) is 16.0 Å². The van der Waals surface area contributed by atoms with Crippen LogP contribution < -0.4 is 10.6 Å². The first-order valence-corrected chi connectivity index (χ1v) is 6.47. The summed E-state index contributed by atoms with van der Waals surface area (Å²) in [6.07, 6.45) is 2.94. The third-order valence-corrected chi connectivity index (χ3v) is 3.55. The summed E-state index contributed by atoms with van der Waals surface area (Å²) in [6.45, 7) is 0. The zero-order valence-corrected chi connectivity index (χ0v) is 11.1. The van der Waals surface area contributed by atoms with Crippen molar-refractivity contribution >= 4 is 34.8 Å². The third kappa shape index (κ3) is 2.40. The number of anilines is 2. The Labute approximate surface area is 119 Å². The maximum atomic E-state index is 11.5. The number of halogens is 1. The van der Waals surface area contributed by atoms with E-state index >= 15 is 0 Å². The van der Waals surface area contributed by atoms with E-state index in [1.54, 1.807) is 36.8 Å². The van der Waals surface area contributed by atoms with Crippen molar-refractivity contribution in [2.45, 2.75) is 11.8 Å². The van der Waals surface area contributed by atoms with Gasteiger partial charge in [-0.25, -0.2) is 0 Å². The number of fused-ring (bicyclic) bond motifs is 1. The van der Waals surface area contributed by atoms with Crippen molar-refractivity contribution < 1.29 is 14.0 Å². The van der Waals surface area contributed by atoms with Crippen LogP contribution in [-0.2, 0) is 9.59 Å². The van der Waals surface area contributed by atoms with Gasteiger partial charge in [0.2, 0.25) is 11.8 Å². The number of hydrogen-bond acceptors (Lipinski definition) is 3. The van der Waals surface area contributed by atoms with Gasteiger partial charge in [-0.1, -0.05) is 6.07 Å².